The third kappa shape index (κ3) is 3.71. The fraction of sp³-hybridized carbons (Fsp3) is 0.688. The van der Waals surface area contributed by atoms with Crippen LogP contribution in [0.15, 0.2) is 6.07 Å². The monoisotopic (exact) mass is 290 g/mol. The number of aromatic nitrogens is 2. The molecule has 116 valence electrons. The van der Waals surface area contributed by atoms with Gasteiger partial charge in [-0.1, -0.05) is 6.92 Å². The predicted octanol–water partition coefficient (Wildman–Crippen LogP) is 2.50. The van der Waals surface area contributed by atoms with Crippen molar-refractivity contribution in [2.75, 3.05) is 31.1 Å². The maximum absolute atomic E-state index is 12.5. The molecular weight excluding hydrogens is 264 g/mol. The van der Waals surface area contributed by atoms with Gasteiger partial charge in [0.1, 0.15) is 5.69 Å². The molecule has 0 unspecified atom stereocenters. The summed E-state index contributed by atoms with van der Waals surface area (Å²) in [7, 11) is 0. The first-order valence-corrected chi connectivity index (χ1v) is 7.95. The zero-order valence-electron chi connectivity index (χ0n) is 13.6. The Labute approximate surface area is 127 Å². The van der Waals surface area contributed by atoms with Crippen molar-refractivity contribution in [3.63, 3.8) is 0 Å². The fourth-order valence-corrected chi connectivity index (χ4v) is 2.69. The molecule has 21 heavy (non-hydrogen) atoms. The zero-order valence-corrected chi connectivity index (χ0v) is 13.6. The van der Waals surface area contributed by atoms with E-state index in [2.05, 4.69) is 21.8 Å². The summed E-state index contributed by atoms with van der Waals surface area (Å²) in [6.07, 6.45) is 2.33. The fourth-order valence-electron chi connectivity index (χ4n) is 2.69. The van der Waals surface area contributed by atoms with Crippen molar-refractivity contribution in [1.29, 1.82) is 0 Å². The molecule has 2 rings (SSSR count). The molecule has 1 amide bonds. The van der Waals surface area contributed by atoms with Crippen LogP contribution in [0.1, 0.15) is 49.8 Å². The van der Waals surface area contributed by atoms with Crippen molar-refractivity contribution in [2.45, 2.75) is 40.5 Å². The second-order valence-corrected chi connectivity index (χ2v) is 5.84. The molecule has 0 bridgehead atoms. The van der Waals surface area contributed by atoms with E-state index in [0.29, 0.717) is 24.7 Å². The lowest BCUT2D eigenvalue weighted by Gasteiger charge is -2.30. The lowest BCUT2D eigenvalue weighted by atomic mass is 10.00. The second kappa shape index (κ2) is 6.87. The topological polar surface area (TPSA) is 49.3 Å². The summed E-state index contributed by atoms with van der Waals surface area (Å²) in [5.41, 5.74) is 1.37. The van der Waals surface area contributed by atoms with Crippen LogP contribution in [-0.4, -0.2) is 47.0 Å². The first-order valence-electron chi connectivity index (χ1n) is 7.95. The number of carbonyl (C=O) groups is 1. The first-order chi connectivity index (χ1) is 10.0. The Bertz CT molecular complexity index is 491. The van der Waals surface area contributed by atoms with Gasteiger partial charge in [-0.25, -0.2) is 9.97 Å². The van der Waals surface area contributed by atoms with Gasteiger partial charge in [0.05, 0.1) is 0 Å². The van der Waals surface area contributed by atoms with E-state index in [1.54, 1.807) is 11.0 Å². The highest BCUT2D eigenvalue weighted by molar-refractivity contribution is 5.92. The smallest absolute Gasteiger partial charge is 0.272 e. The van der Waals surface area contributed by atoms with Crippen molar-refractivity contribution in [3.8, 4) is 0 Å². The molecule has 0 spiro atoms. The van der Waals surface area contributed by atoms with Crippen LogP contribution in [0.3, 0.4) is 0 Å². The lowest BCUT2D eigenvalue weighted by molar-refractivity contribution is 0.0767. The van der Waals surface area contributed by atoms with Crippen LogP contribution in [0.5, 0.6) is 0 Å². The Balaban J connectivity index is 2.23. The summed E-state index contributed by atoms with van der Waals surface area (Å²) in [5.74, 6) is 1.47. The molecule has 2 heterocycles. The summed E-state index contributed by atoms with van der Waals surface area (Å²) in [4.78, 5) is 25.5. The number of hydrogen-bond acceptors (Lipinski definition) is 4. The average molecular weight is 290 g/mol. The molecule has 0 N–H and O–H groups in total. The van der Waals surface area contributed by atoms with Crippen molar-refractivity contribution in [2.24, 2.45) is 5.92 Å². The van der Waals surface area contributed by atoms with Gasteiger partial charge in [-0.05, 0) is 45.6 Å². The van der Waals surface area contributed by atoms with E-state index in [9.17, 15) is 4.79 Å². The van der Waals surface area contributed by atoms with E-state index >= 15 is 0 Å². The van der Waals surface area contributed by atoms with Gasteiger partial charge in [-0.3, -0.25) is 4.79 Å². The van der Waals surface area contributed by atoms with E-state index < -0.39 is 0 Å². The molecule has 1 fully saturated rings. The van der Waals surface area contributed by atoms with Gasteiger partial charge in [-0.2, -0.15) is 0 Å². The molecule has 0 atom stereocenters. The van der Waals surface area contributed by atoms with Gasteiger partial charge >= 0.3 is 0 Å². The van der Waals surface area contributed by atoms with Crippen LogP contribution in [0.2, 0.25) is 0 Å². The number of aryl methyl sites for hydroxylation is 1. The minimum absolute atomic E-state index is 0.00266. The van der Waals surface area contributed by atoms with E-state index in [1.165, 1.54) is 0 Å². The molecule has 1 aromatic rings. The van der Waals surface area contributed by atoms with Crippen molar-refractivity contribution in [1.82, 2.24) is 14.9 Å². The first kappa shape index (κ1) is 15.7. The highest BCUT2D eigenvalue weighted by Gasteiger charge is 2.21. The normalized spacial score (nSPS) is 16.1. The quantitative estimate of drug-likeness (QED) is 0.855. The largest absolute Gasteiger partial charge is 0.341 e. The predicted molar refractivity (Wildman–Crippen MR) is 84.6 cm³/mol. The summed E-state index contributed by atoms with van der Waals surface area (Å²) < 4.78 is 0. The molecule has 0 saturated carbocycles. The van der Waals surface area contributed by atoms with Crippen LogP contribution in [0, 0.1) is 12.8 Å². The van der Waals surface area contributed by atoms with Crippen LogP contribution in [0.4, 0.5) is 5.95 Å². The van der Waals surface area contributed by atoms with E-state index in [4.69, 9.17) is 0 Å². The Morgan fingerprint density at radius 3 is 2.48 bits per heavy atom. The summed E-state index contributed by atoms with van der Waals surface area (Å²) >= 11 is 0. The number of piperidine rings is 1. The second-order valence-electron chi connectivity index (χ2n) is 5.84. The zero-order chi connectivity index (χ0) is 15.4. The maximum Gasteiger partial charge on any atom is 0.272 e. The molecule has 1 aliphatic heterocycles. The highest BCUT2D eigenvalue weighted by Crippen LogP contribution is 2.20. The van der Waals surface area contributed by atoms with Crippen LogP contribution in [-0.2, 0) is 0 Å². The highest BCUT2D eigenvalue weighted by atomic mass is 16.2. The number of hydrogen-bond donors (Lipinski definition) is 0. The number of carbonyl (C=O) groups excluding carboxylic acids is 1. The molecule has 1 saturated heterocycles. The molecular formula is C16H26N4O. The van der Waals surface area contributed by atoms with Crippen LogP contribution in [0.25, 0.3) is 0 Å². The standard InChI is InChI=1S/C16H26N4O/c1-5-19(6-2)15(21)14-11-13(4)17-16(18-14)20-9-7-12(3)8-10-20/h11-12H,5-10H2,1-4H3. The number of nitrogens with zero attached hydrogens (tertiary/aromatic N) is 4. The number of anilines is 1. The van der Waals surface area contributed by atoms with Gasteiger partial charge in [0.2, 0.25) is 5.95 Å². The molecule has 0 aromatic carbocycles. The number of rotatable bonds is 4. The molecule has 5 heteroatoms. The summed E-state index contributed by atoms with van der Waals surface area (Å²) in [5, 5.41) is 0. The van der Waals surface area contributed by atoms with E-state index in [-0.39, 0.29) is 5.91 Å². The van der Waals surface area contributed by atoms with Crippen LogP contribution < -0.4 is 4.90 Å². The van der Waals surface area contributed by atoms with Gasteiger partial charge in [0, 0.05) is 31.9 Å². The molecule has 5 nitrogen and oxygen atoms in total. The summed E-state index contributed by atoms with van der Waals surface area (Å²) in [6, 6.07) is 1.79. The SMILES string of the molecule is CCN(CC)C(=O)c1cc(C)nc(N2CCC(C)CC2)n1. The Kier molecular flexibility index (Phi) is 5.15. The molecule has 1 aliphatic rings. The van der Waals surface area contributed by atoms with Gasteiger partial charge in [-0.15, -0.1) is 0 Å². The summed E-state index contributed by atoms with van der Waals surface area (Å²) in [6.45, 7) is 11.5. The third-order valence-electron chi connectivity index (χ3n) is 4.18. The molecule has 1 aromatic heterocycles. The molecule has 0 aliphatic carbocycles. The average Bonchev–Trinajstić information content (AvgIpc) is 2.48. The van der Waals surface area contributed by atoms with Crippen molar-refractivity contribution >= 4 is 11.9 Å². The van der Waals surface area contributed by atoms with Gasteiger partial charge in [0.25, 0.3) is 5.91 Å². The molecule has 0 radical (unpaired) electrons. The van der Waals surface area contributed by atoms with E-state index in [0.717, 1.165) is 37.5 Å². The van der Waals surface area contributed by atoms with E-state index in [1.807, 2.05) is 20.8 Å². The minimum atomic E-state index is -0.00266. The number of amides is 1. The lowest BCUT2D eigenvalue weighted by Crippen LogP contribution is -2.35. The van der Waals surface area contributed by atoms with Gasteiger partial charge in [0.15, 0.2) is 0 Å². The third-order valence-corrected chi connectivity index (χ3v) is 4.18. The maximum atomic E-state index is 12.5. The van der Waals surface area contributed by atoms with Crippen molar-refractivity contribution in [3.05, 3.63) is 17.5 Å². The van der Waals surface area contributed by atoms with Crippen molar-refractivity contribution < 1.29 is 4.79 Å². The Morgan fingerprint density at radius 2 is 1.90 bits per heavy atom. The van der Waals surface area contributed by atoms with Crippen LogP contribution >= 0.6 is 0 Å². The van der Waals surface area contributed by atoms with Gasteiger partial charge < -0.3 is 9.80 Å². The Hall–Kier alpha value is -1.65. The minimum Gasteiger partial charge on any atom is -0.341 e. The Morgan fingerprint density at radius 1 is 1.29 bits per heavy atom.